The van der Waals surface area contributed by atoms with Crippen LogP contribution in [0.4, 0.5) is 0 Å². The Morgan fingerprint density at radius 1 is 1.62 bits per heavy atom. The zero-order valence-corrected chi connectivity index (χ0v) is 9.82. The zero-order chi connectivity index (χ0) is 12.1. The quantitative estimate of drug-likeness (QED) is 0.796. The molecule has 0 bridgehead atoms. The minimum Gasteiger partial charge on any atom is -0.480 e. The van der Waals surface area contributed by atoms with Gasteiger partial charge in [0.25, 0.3) is 5.91 Å². The molecule has 7 heteroatoms. The van der Waals surface area contributed by atoms with Crippen LogP contribution in [0.2, 0.25) is 0 Å². The van der Waals surface area contributed by atoms with Crippen LogP contribution in [0.1, 0.15) is 30.8 Å². The van der Waals surface area contributed by atoms with Crippen molar-refractivity contribution in [3.63, 3.8) is 0 Å². The van der Waals surface area contributed by atoms with Crippen LogP contribution in [-0.2, 0) is 4.79 Å². The molecule has 0 radical (unpaired) electrons. The second kappa shape index (κ2) is 5.55. The highest BCUT2D eigenvalue weighted by atomic mass is 32.1. The van der Waals surface area contributed by atoms with Crippen molar-refractivity contribution in [2.75, 3.05) is 0 Å². The third kappa shape index (κ3) is 2.99. The van der Waals surface area contributed by atoms with Gasteiger partial charge in [-0.1, -0.05) is 20.3 Å². The van der Waals surface area contributed by atoms with Gasteiger partial charge < -0.3 is 10.4 Å². The molecule has 1 aromatic rings. The number of carboxylic acids is 1. The van der Waals surface area contributed by atoms with Crippen molar-refractivity contribution in [3.8, 4) is 0 Å². The number of nitrogens with one attached hydrogen (secondary N) is 1. The lowest BCUT2D eigenvalue weighted by Crippen LogP contribution is -2.45. The van der Waals surface area contributed by atoms with Gasteiger partial charge in [-0.3, -0.25) is 4.79 Å². The highest BCUT2D eigenvalue weighted by molar-refractivity contribution is 6.99. The lowest BCUT2D eigenvalue weighted by Gasteiger charge is -2.19. The van der Waals surface area contributed by atoms with Gasteiger partial charge >= 0.3 is 5.97 Å². The highest BCUT2D eigenvalue weighted by Crippen LogP contribution is 2.08. The molecule has 0 spiro atoms. The van der Waals surface area contributed by atoms with E-state index in [1.165, 1.54) is 6.20 Å². The van der Waals surface area contributed by atoms with Gasteiger partial charge in [-0.15, -0.1) is 0 Å². The summed E-state index contributed by atoms with van der Waals surface area (Å²) in [6.45, 7) is 3.65. The molecular weight excluding hydrogens is 230 g/mol. The van der Waals surface area contributed by atoms with E-state index in [2.05, 4.69) is 14.1 Å². The topological polar surface area (TPSA) is 92.2 Å². The first-order valence-corrected chi connectivity index (χ1v) is 5.60. The van der Waals surface area contributed by atoms with Crippen LogP contribution in [0.25, 0.3) is 0 Å². The number of carbonyl (C=O) groups excluding carboxylic acids is 1. The Labute approximate surface area is 97.0 Å². The van der Waals surface area contributed by atoms with E-state index in [0.29, 0.717) is 6.42 Å². The molecule has 6 nitrogen and oxygen atoms in total. The molecule has 16 heavy (non-hydrogen) atoms. The van der Waals surface area contributed by atoms with E-state index in [9.17, 15) is 9.59 Å². The van der Waals surface area contributed by atoms with Crippen LogP contribution in [0.5, 0.6) is 0 Å². The van der Waals surface area contributed by atoms with Gasteiger partial charge in [0.15, 0.2) is 5.69 Å². The number of nitrogens with zero attached hydrogens (tertiary/aromatic N) is 2. The van der Waals surface area contributed by atoms with Gasteiger partial charge in [-0.2, -0.15) is 8.75 Å². The Hall–Kier alpha value is -1.50. The molecule has 2 atom stereocenters. The summed E-state index contributed by atoms with van der Waals surface area (Å²) in [5.41, 5.74) is 0.152. The zero-order valence-electron chi connectivity index (χ0n) is 9.01. The fraction of sp³-hybridized carbons (Fsp3) is 0.556. The summed E-state index contributed by atoms with van der Waals surface area (Å²) < 4.78 is 7.42. The normalized spacial score (nSPS) is 14.1. The monoisotopic (exact) mass is 243 g/mol. The minimum atomic E-state index is -1.04. The first-order valence-electron chi connectivity index (χ1n) is 4.87. The molecule has 0 aliphatic heterocycles. The molecular formula is C9H13N3O3S. The number of amides is 1. The van der Waals surface area contributed by atoms with Crippen molar-refractivity contribution in [2.45, 2.75) is 26.3 Å². The minimum absolute atomic E-state index is 0.131. The third-order valence-corrected chi connectivity index (χ3v) is 2.84. The average Bonchev–Trinajstić information content (AvgIpc) is 2.77. The SMILES string of the molecule is CCC(C)[C@H](NC(=O)c1cnsn1)C(=O)O. The Morgan fingerprint density at radius 2 is 2.31 bits per heavy atom. The standard InChI is InChI=1S/C9H13N3O3S/c1-3-5(2)7(9(14)15)11-8(13)6-4-10-16-12-6/h4-5,7H,3H2,1-2H3,(H,11,13)(H,14,15)/t5?,7-/m0/s1. The molecule has 1 rings (SSSR count). The predicted molar refractivity (Wildman–Crippen MR) is 58.3 cm³/mol. The van der Waals surface area contributed by atoms with Crippen LogP contribution < -0.4 is 5.32 Å². The molecule has 0 fully saturated rings. The number of hydrogen-bond acceptors (Lipinski definition) is 5. The van der Waals surface area contributed by atoms with Crippen LogP contribution in [-0.4, -0.2) is 31.8 Å². The first-order chi connectivity index (χ1) is 7.56. The van der Waals surface area contributed by atoms with Gasteiger partial charge in [0.2, 0.25) is 0 Å². The molecule has 2 N–H and O–H groups in total. The summed E-state index contributed by atoms with van der Waals surface area (Å²) >= 11 is 0.909. The molecule has 0 saturated heterocycles. The summed E-state index contributed by atoms with van der Waals surface area (Å²) in [4.78, 5) is 22.5. The molecule has 88 valence electrons. The average molecular weight is 243 g/mol. The van der Waals surface area contributed by atoms with Gasteiger partial charge in [-0.25, -0.2) is 4.79 Å². The fourth-order valence-electron chi connectivity index (χ4n) is 1.16. The van der Waals surface area contributed by atoms with Crippen LogP contribution in [0.15, 0.2) is 6.20 Å². The second-order valence-corrected chi connectivity index (χ2v) is 4.02. The first kappa shape index (κ1) is 12.6. The lowest BCUT2D eigenvalue weighted by atomic mass is 9.99. The second-order valence-electron chi connectivity index (χ2n) is 3.47. The number of hydrogen-bond donors (Lipinski definition) is 2. The van der Waals surface area contributed by atoms with E-state index in [1.54, 1.807) is 6.92 Å². The highest BCUT2D eigenvalue weighted by Gasteiger charge is 2.26. The van der Waals surface area contributed by atoms with Crippen LogP contribution >= 0.6 is 11.7 Å². The number of carboxylic acid groups (broad SMARTS) is 1. The number of carbonyl (C=O) groups is 2. The van der Waals surface area contributed by atoms with Gasteiger partial charge in [0.1, 0.15) is 6.04 Å². The largest absolute Gasteiger partial charge is 0.480 e. The summed E-state index contributed by atoms with van der Waals surface area (Å²) in [6.07, 6.45) is 1.99. The molecule has 1 aromatic heterocycles. The number of aliphatic carboxylic acids is 1. The van der Waals surface area contributed by atoms with Crippen molar-refractivity contribution in [3.05, 3.63) is 11.9 Å². The molecule has 0 aliphatic carbocycles. The molecule has 1 amide bonds. The predicted octanol–water partition coefficient (Wildman–Crippen LogP) is 0.767. The Morgan fingerprint density at radius 3 is 2.75 bits per heavy atom. The maximum absolute atomic E-state index is 11.6. The van der Waals surface area contributed by atoms with Crippen molar-refractivity contribution in [1.29, 1.82) is 0 Å². The van der Waals surface area contributed by atoms with E-state index in [1.807, 2.05) is 6.92 Å². The third-order valence-electron chi connectivity index (χ3n) is 2.36. The van der Waals surface area contributed by atoms with Gasteiger partial charge in [0.05, 0.1) is 17.9 Å². The maximum atomic E-state index is 11.6. The maximum Gasteiger partial charge on any atom is 0.326 e. The fourth-order valence-corrected chi connectivity index (χ4v) is 1.58. The van der Waals surface area contributed by atoms with E-state index < -0.39 is 17.9 Å². The van der Waals surface area contributed by atoms with Crippen molar-refractivity contribution >= 4 is 23.6 Å². The Kier molecular flexibility index (Phi) is 4.36. The molecule has 0 aromatic carbocycles. The summed E-state index contributed by atoms with van der Waals surface area (Å²) in [5.74, 6) is -1.67. The Balaban J connectivity index is 2.69. The summed E-state index contributed by atoms with van der Waals surface area (Å²) in [6, 6.07) is -0.890. The smallest absolute Gasteiger partial charge is 0.326 e. The molecule has 0 saturated carbocycles. The van der Waals surface area contributed by atoms with Crippen molar-refractivity contribution in [2.24, 2.45) is 5.92 Å². The summed E-state index contributed by atoms with van der Waals surface area (Å²) in [5, 5.41) is 11.4. The molecule has 1 heterocycles. The van der Waals surface area contributed by atoms with Gasteiger partial charge in [-0.05, 0) is 5.92 Å². The summed E-state index contributed by atoms with van der Waals surface area (Å²) in [7, 11) is 0. The van der Waals surface area contributed by atoms with E-state index in [0.717, 1.165) is 11.7 Å². The number of aromatic nitrogens is 2. The lowest BCUT2D eigenvalue weighted by molar-refractivity contribution is -0.140. The molecule has 1 unspecified atom stereocenters. The Bertz CT molecular complexity index is 366. The van der Waals surface area contributed by atoms with Crippen molar-refractivity contribution in [1.82, 2.24) is 14.1 Å². The van der Waals surface area contributed by atoms with E-state index in [-0.39, 0.29) is 11.6 Å². The van der Waals surface area contributed by atoms with Crippen molar-refractivity contribution < 1.29 is 14.7 Å². The van der Waals surface area contributed by atoms with Gasteiger partial charge in [0, 0.05) is 0 Å². The molecule has 0 aliphatic rings. The van der Waals surface area contributed by atoms with E-state index >= 15 is 0 Å². The van der Waals surface area contributed by atoms with Crippen LogP contribution in [0.3, 0.4) is 0 Å². The van der Waals surface area contributed by atoms with E-state index in [4.69, 9.17) is 5.11 Å². The van der Waals surface area contributed by atoms with Crippen LogP contribution in [0, 0.1) is 5.92 Å². The number of rotatable bonds is 5.